The molecular formula is C22H21ClFN3O. The second kappa shape index (κ2) is 9.85. The van der Waals surface area contributed by atoms with Crippen LogP contribution in [0.3, 0.4) is 0 Å². The van der Waals surface area contributed by atoms with Crippen LogP contribution in [0.4, 0.5) is 10.1 Å². The summed E-state index contributed by atoms with van der Waals surface area (Å²) in [6.45, 7) is 1.05. The van der Waals surface area contributed by atoms with Gasteiger partial charge >= 0.3 is 0 Å². The average molecular weight is 398 g/mol. The van der Waals surface area contributed by atoms with Crippen molar-refractivity contribution < 1.29 is 9.18 Å². The smallest absolute Gasteiger partial charge is 0.252 e. The zero-order valence-corrected chi connectivity index (χ0v) is 16.0. The molecule has 1 amide bonds. The van der Waals surface area contributed by atoms with Crippen LogP contribution in [0.15, 0.2) is 67.0 Å². The van der Waals surface area contributed by atoms with Gasteiger partial charge in [0.1, 0.15) is 5.82 Å². The SMILES string of the molecule is O=C(NCCc1ccccc1F)c1cncc(NCCc2cccc(Cl)c2)c1. The van der Waals surface area contributed by atoms with E-state index in [4.69, 9.17) is 11.6 Å². The zero-order valence-electron chi connectivity index (χ0n) is 15.3. The fourth-order valence-electron chi connectivity index (χ4n) is 2.82. The summed E-state index contributed by atoms with van der Waals surface area (Å²) in [5.74, 6) is -0.494. The highest BCUT2D eigenvalue weighted by molar-refractivity contribution is 6.30. The number of nitrogens with zero attached hydrogens (tertiary/aromatic N) is 1. The lowest BCUT2D eigenvalue weighted by molar-refractivity contribution is 0.0953. The molecule has 6 heteroatoms. The van der Waals surface area contributed by atoms with Crippen molar-refractivity contribution in [2.45, 2.75) is 12.8 Å². The Morgan fingerprint density at radius 1 is 1.00 bits per heavy atom. The highest BCUT2D eigenvalue weighted by Crippen LogP contribution is 2.13. The van der Waals surface area contributed by atoms with E-state index in [0.29, 0.717) is 35.7 Å². The topological polar surface area (TPSA) is 54.0 Å². The van der Waals surface area contributed by atoms with Crippen molar-refractivity contribution in [3.05, 3.63) is 94.5 Å². The molecule has 0 atom stereocenters. The lowest BCUT2D eigenvalue weighted by Gasteiger charge is -2.09. The van der Waals surface area contributed by atoms with Crippen LogP contribution in [-0.2, 0) is 12.8 Å². The molecule has 1 heterocycles. The first kappa shape index (κ1) is 19.8. The molecule has 0 bridgehead atoms. The molecule has 0 saturated heterocycles. The van der Waals surface area contributed by atoms with Gasteiger partial charge in [0, 0.05) is 30.5 Å². The summed E-state index contributed by atoms with van der Waals surface area (Å²) in [6.07, 6.45) is 4.43. The lowest BCUT2D eigenvalue weighted by atomic mass is 10.1. The van der Waals surface area contributed by atoms with Crippen molar-refractivity contribution in [2.24, 2.45) is 0 Å². The van der Waals surface area contributed by atoms with Crippen LogP contribution in [0.1, 0.15) is 21.5 Å². The molecule has 0 aliphatic carbocycles. The number of amides is 1. The molecule has 3 aromatic rings. The number of hydrogen-bond donors (Lipinski definition) is 2. The molecule has 2 N–H and O–H groups in total. The Hall–Kier alpha value is -2.92. The maximum Gasteiger partial charge on any atom is 0.252 e. The number of aromatic nitrogens is 1. The summed E-state index contributed by atoms with van der Waals surface area (Å²) in [7, 11) is 0. The van der Waals surface area contributed by atoms with E-state index in [1.54, 1.807) is 30.5 Å². The normalized spacial score (nSPS) is 10.5. The van der Waals surface area contributed by atoms with Gasteiger partial charge < -0.3 is 10.6 Å². The molecule has 0 saturated carbocycles. The summed E-state index contributed by atoms with van der Waals surface area (Å²) >= 11 is 5.99. The first-order chi connectivity index (χ1) is 13.6. The molecule has 0 fully saturated rings. The fourth-order valence-corrected chi connectivity index (χ4v) is 3.03. The third kappa shape index (κ3) is 5.79. The molecular weight excluding hydrogens is 377 g/mol. The summed E-state index contributed by atoms with van der Waals surface area (Å²) in [4.78, 5) is 16.4. The first-order valence-corrected chi connectivity index (χ1v) is 9.44. The number of anilines is 1. The number of hydrogen-bond acceptors (Lipinski definition) is 3. The number of benzene rings is 2. The minimum absolute atomic E-state index is 0.234. The van der Waals surface area contributed by atoms with Crippen LogP contribution < -0.4 is 10.6 Å². The highest BCUT2D eigenvalue weighted by atomic mass is 35.5. The van der Waals surface area contributed by atoms with Crippen LogP contribution in [0.5, 0.6) is 0 Å². The monoisotopic (exact) mass is 397 g/mol. The number of halogens is 2. The predicted molar refractivity (Wildman–Crippen MR) is 110 cm³/mol. The molecule has 1 aromatic heterocycles. The Labute approximate surface area is 168 Å². The summed E-state index contributed by atoms with van der Waals surface area (Å²) in [5, 5.41) is 6.78. The second-order valence-electron chi connectivity index (χ2n) is 6.37. The van der Waals surface area contributed by atoms with Gasteiger partial charge in [0.05, 0.1) is 11.3 Å². The Morgan fingerprint density at radius 3 is 2.68 bits per heavy atom. The fraction of sp³-hybridized carbons (Fsp3) is 0.182. The number of pyridine rings is 1. The molecule has 28 heavy (non-hydrogen) atoms. The predicted octanol–water partition coefficient (Wildman–Crippen LogP) is 4.50. The second-order valence-corrected chi connectivity index (χ2v) is 6.80. The summed E-state index contributed by atoms with van der Waals surface area (Å²) in [6, 6.07) is 16.0. The Kier molecular flexibility index (Phi) is 6.98. The van der Waals surface area contributed by atoms with E-state index in [-0.39, 0.29) is 11.7 Å². The molecule has 4 nitrogen and oxygen atoms in total. The van der Waals surface area contributed by atoms with Crippen LogP contribution in [0, 0.1) is 5.82 Å². The highest BCUT2D eigenvalue weighted by Gasteiger charge is 2.08. The van der Waals surface area contributed by atoms with Gasteiger partial charge in [-0.25, -0.2) is 4.39 Å². The number of nitrogens with one attached hydrogen (secondary N) is 2. The Bertz CT molecular complexity index is 948. The number of rotatable bonds is 8. The average Bonchev–Trinajstić information content (AvgIpc) is 2.70. The van der Waals surface area contributed by atoms with Crippen molar-refractivity contribution in [3.63, 3.8) is 0 Å². The van der Waals surface area contributed by atoms with Crippen LogP contribution >= 0.6 is 11.6 Å². The minimum Gasteiger partial charge on any atom is -0.383 e. The molecule has 0 spiro atoms. The van der Waals surface area contributed by atoms with Crippen LogP contribution in [0.2, 0.25) is 5.02 Å². The molecule has 0 unspecified atom stereocenters. The van der Waals surface area contributed by atoms with Crippen molar-refractivity contribution in [1.29, 1.82) is 0 Å². The minimum atomic E-state index is -0.260. The molecule has 0 aliphatic heterocycles. The molecule has 0 radical (unpaired) electrons. The van der Waals surface area contributed by atoms with Gasteiger partial charge in [0.25, 0.3) is 5.91 Å². The standard InChI is InChI=1S/C22H21ClFN3O/c23-19-6-3-4-16(12-19)8-10-26-20-13-18(14-25-15-20)22(28)27-11-9-17-5-1-2-7-21(17)24/h1-7,12-15,26H,8-11H2,(H,27,28). The maximum atomic E-state index is 13.6. The van der Waals surface area contributed by atoms with Gasteiger partial charge in [-0.15, -0.1) is 0 Å². The molecule has 0 aliphatic rings. The van der Waals surface area contributed by atoms with Crippen LogP contribution in [-0.4, -0.2) is 24.0 Å². The Morgan fingerprint density at radius 2 is 1.86 bits per heavy atom. The quantitative estimate of drug-likeness (QED) is 0.588. The van der Waals surface area contributed by atoms with Crippen molar-refractivity contribution >= 4 is 23.2 Å². The molecule has 2 aromatic carbocycles. The van der Waals surface area contributed by atoms with Crippen LogP contribution in [0.25, 0.3) is 0 Å². The lowest BCUT2D eigenvalue weighted by Crippen LogP contribution is -2.26. The van der Waals surface area contributed by atoms with Gasteiger partial charge in [-0.3, -0.25) is 9.78 Å². The van der Waals surface area contributed by atoms with E-state index in [1.165, 1.54) is 12.3 Å². The summed E-state index contributed by atoms with van der Waals surface area (Å²) in [5.41, 5.74) is 2.94. The van der Waals surface area contributed by atoms with E-state index in [9.17, 15) is 9.18 Å². The van der Waals surface area contributed by atoms with Crippen molar-refractivity contribution in [2.75, 3.05) is 18.4 Å². The number of carbonyl (C=O) groups excluding carboxylic acids is 1. The van der Waals surface area contributed by atoms with Gasteiger partial charge in [-0.2, -0.15) is 0 Å². The van der Waals surface area contributed by atoms with E-state index < -0.39 is 0 Å². The van der Waals surface area contributed by atoms with E-state index in [2.05, 4.69) is 15.6 Å². The molecule has 3 rings (SSSR count). The maximum absolute atomic E-state index is 13.6. The van der Waals surface area contributed by atoms with Gasteiger partial charge in [0.15, 0.2) is 0 Å². The third-order valence-electron chi connectivity index (χ3n) is 4.27. The van der Waals surface area contributed by atoms with Gasteiger partial charge in [0.2, 0.25) is 0 Å². The van der Waals surface area contributed by atoms with E-state index in [1.807, 2.05) is 24.3 Å². The van der Waals surface area contributed by atoms with E-state index in [0.717, 1.165) is 17.7 Å². The summed E-state index contributed by atoms with van der Waals surface area (Å²) < 4.78 is 13.6. The zero-order chi connectivity index (χ0) is 19.8. The first-order valence-electron chi connectivity index (χ1n) is 9.07. The van der Waals surface area contributed by atoms with Crippen molar-refractivity contribution in [1.82, 2.24) is 10.3 Å². The van der Waals surface area contributed by atoms with Gasteiger partial charge in [-0.05, 0) is 48.2 Å². The molecule has 144 valence electrons. The Balaban J connectivity index is 1.49. The van der Waals surface area contributed by atoms with E-state index >= 15 is 0 Å². The third-order valence-corrected chi connectivity index (χ3v) is 4.51. The van der Waals surface area contributed by atoms with Gasteiger partial charge in [-0.1, -0.05) is 41.9 Å². The number of carbonyl (C=O) groups is 1. The van der Waals surface area contributed by atoms with Crippen molar-refractivity contribution in [3.8, 4) is 0 Å². The largest absolute Gasteiger partial charge is 0.383 e.